The van der Waals surface area contributed by atoms with Gasteiger partial charge < -0.3 is 5.32 Å². The van der Waals surface area contributed by atoms with E-state index >= 15 is 0 Å². The van der Waals surface area contributed by atoms with Crippen molar-refractivity contribution < 1.29 is 0 Å². The molecule has 1 N–H and O–H groups in total. The second kappa shape index (κ2) is 6.72. The molecule has 0 fully saturated rings. The molecule has 1 aromatic rings. The highest BCUT2D eigenvalue weighted by atomic mass is 79.9. The van der Waals surface area contributed by atoms with E-state index in [-0.39, 0.29) is 0 Å². The van der Waals surface area contributed by atoms with Crippen LogP contribution in [-0.2, 0) is 0 Å². The Morgan fingerprint density at radius 1 is 1.28 bits per heavy atom. The molecule has 0 aromatic heterocycles. The maximum absolute atomic E-state index is 3.62. The van der Waals surface area contributed by atoms with Gasteiger partial charge in [-0.15, -0.1) is 0 Å². The molecule has 0 aliphatic heterocycles. The van der Waals surface area contributed by atoms with E-state index in [0.717, 1.165) is 6.54 Å². The van der Waals surface area contributed by atoms with Crippen LogP contribution >= 0.6 is 15.9 Å². The van der Waals surface area contributed by atoms with Crippen LogP contribution < -0.4 is 5.32 Å². The molecule has 18 heavy (non-hydrogen) atoms. The molecule has 0 radical (unpaired) electrons. The average Bonchev–Trinajstić information content (AvgIpc) is 2.26. The summed E-state index contributed by atoms with van der Waals surface area (Å²) in [6, 6.07) is 7.03. The van der Waals surface area contributed by atoms with Crippen molar-refractivity contribution >= 4 is 15.9 Å². The molecule has 2 heteroatoms. The first-order valence-corrected chi connectivity index (χ1v) is 7.62. The van der Waals surface area contributed by atoms with Crippen molar-refractivity contribution in [3.05, 3.63) is 33.8 Å². The van der Waals surface area contributed by atoms with E-state index in [0.29, 0.717) is 11.5 Å². The Kier molecular flexibility index (Phi) is 5.87. The number of rotatable bonds is 5. The third kappa shape index (κ3) is 5.11. The molecule has 102 valence electrons. The highest BCUT2D eigenvalue weighted by molar-refractivity contribution is 9.10. The van der Waals surface area contributed by atoms with Gasteiger partial charge in [0.1, 0.15) is 0 Å². The second-order valence-corrected chi connectivity index (χ2v) is 7.13. The van der Waals surface area contributed by atoms with Gasteiger partial charge in [0, 0.05) is 10.5 Å². The third-order valence-corrected chi connectivity index (χ3v) is 3.74. The largest absolute Gasteiger partial charge is 0.310 e. The second-order valence-electron chi connectivity index (χ2n) is 6.21. The third-order valence-electron chi connectivity index (χ3n) is 3.25. The molecule has 0 bridgehead atoms. The molecule has 1 nitrogen and oxygen atoms in total. The van der Waals surface area contributed by atoms with Crippen LogP contribution in [0.15, 0.2) is 22.7 Å². The molecule has 0 aliphatic carbocycles. The number of hydrogen-bond acceptors (Lipinski definition) is 1. The van der Waals surface area contributed by atoms with Crippen LogP contribution in [0.1, 0.15) is 57.7 Å². The van der Waals surface area contributed by atoms with Gasteiger partial charge >= 0.3 is 0 Å². The van der Waals surface area contributed by atoms with Crippen LogP contribution in [0.2, 0.25) is 0 Å². The highest BCUT2D eigenvalue weighted by Gasteiger charge is 2.17. The summed E-state index contributed by atoms with van der Waals surface area (Å²) in [4.78, 5) is 0. The highest BCUT2D eigenvalue weighted by Crippen LogP contribution is 2.30. The maximum atomic E-state index is 3.62. The van der Waals surface area contributed by atoms with Crippen LogP contribution in [0.5, 0.6) is 0 Å². The summed E-state index contributed by atoms with van der Waals surface area (Å²) in [5.41, 5.74) is 3.20. The van der Waals surface area contributed by atoms with E-state index in [2.05, 4.69) is 74.1 Å². The topological polar surface area (TPSA) is 12.0 Å². The standard InChI is InChI=1S/C16H26BrN/c1-6-18-15(9-10-16(3,4)5)14-11-13(17)8-7-12(14)2/h7-8,11,15,18H,6,9-10H2,1-5H3. The summed E-state index contributed by atoms with van der Waals surface area (Å²) in [5, 5.41) is 3.62. The molecule has 0 spiro atoms. The summed E-state index contributed by atoms with van der Waals surface area (Å²) in [7, 11) is 0. The lowest BCUT2D eigenvalue weighted by Crippen LogP contribution is -2.23. The molecule has 0 saturated heterocycles. The Morgan fingerprint density at radius 3 is 2.50 bits per heavy atom. The Balaban J connectivity index is 2.86. The molecule has 0 heterocycles. The van der Waals surface area contributed by atoms with Crippen molar-refractivity contribution in [3.8, 4) is 0 Å². The van der Waals surface area contributed by atoms with E-state index < -0.39 is 0 Å². The van der Waals surface area contributed by atoms with E-state index in [1.807, 2.05) is 0 Å². The minimum atomic E-state index is 0.396. The number of aryl methyl sites for hydroxylation is 1. The smallest absolute Gasteiger partial charge is 0.0323 e. The lowest BCUT2D eigenvalue weighted by atomic mass is 9.86. The lowest BCUT2D eigenvalue weighted by Gasteiger charge is -2.25. The van der Waals surface area contributed by atoms with Crippen LogP contribution in [-0.4, -0.2) is 6.54 Å². The summed E-state index contributed by atoms with van der Waals surface area (Å²) >= 11 is 3.58. The van der Waals surface area contributed by atoms with Gasteiger partial charge in [-0.3, -0.25) is 0 Å². The Bertz CT molecular complexity index is 379. The van der Waals surface area contributed by atoms with Gasteiger partial charge in [-0.05, 0) is 55.0 Å². The van der Waals surface area contributed by atoms with Crippen molar-refractivity contribution in [3.63, 3.8) is 0 Å². The molecule has 0 aliphatic rings. The first-order valence-electron chi connectivity index (χ1n) is 6.83. The van der Waals surface area contributed by atoms with Gasteiger partial charge in [0.2, 0.25) is 0 Å². The summed E-state index contributed by atoms with van der Waals surface area (Å²) in [6.45, 7) is 12.3. The predicted octanol–water partition coefficient (Wildman–Crippen LogP) is 5.23. The van der Waals surface area contributed by atoms with E-state index in [1.165, 1.54) is 28.4 Å². The van der Waals surface area contributed by atoms with Crippen molar-refractivity contribution in [2.45, 2.75) is 53.5 Å². The van der Waals surface area contributed by atoms with Gasteiger partial charge in [-0.25, -0.2) is 0 Å². The molecule has 1 aromatic carbocycles. The summed E-state index contributed by atoms with van der Waals surface area (Å²) in [6.07, 6.45) is 2.42. The monoisotopic (exact) mass is 311 g/mol. The maximum Gasteiger partial charge on any atom is 0.0323 e. The molecular weight excluding hydrogens is 286 g/mol. The van der Waals surface area contributed by atoms with Crippen LogP contribution in [0.3, 0.4) is 0 Å². The molecule has 1 rings (SSSR count). The molecule has 1 atom stereocenters. The van der Waals surface area contributed by atoms with Gasteiger partial charge in [0.25, 0.3) is 0 Å². The van der Waals surface area contributed by atoms with Crippen molar-refractivity contribution in [1.29, 1.82) is 0 Å². The van der Waals surface area contributed by atoms with E-state index in [1.54, 1.807) is 0 Å². The fourth-order valence-electron chi connectivity index (χ4n) is 2.18. The zero-order valence-electron chi connectivity index (χ0n) is 12.3. The Morgan fingerprint density at radius 2 is 1.94 bits per heavy atom. The summed E-state index contributed by atoms with van der Waals surface area (Å²) < 4.78 is 1.17. The quantitative estimate of drug-likeness (QED) is 0.784. The Hall–Kier alpha value is -0.340. The number of nitrogens with one attached hydrogen (secondary N) is 1. The van der Waals surface area contributed by atoms with Crippen molar-refractivity contribution in [1.82, 2.24) is 5.32 Å². The fourth-order valence-corrected chi connectivity index (χ4v) is 2.56. The van der Waals surface area contributed by atoms with Crippen molar-refractivity contribution in [2.24, 2.45) is 5.41 Å². The number of benzene rings is 1. The van der Waals surface area contributed by atoms with Crippen LogP contribution in [0.4, 0.5) is 0 Å². The zero-order chi connectivity index (χ0) is 13.8. The zero-order valence-corrected chi connectivity index (χ0v) is 13.9. The molecule has 0 saturated carbocycles. The van der Waals surface area contributed by atoms with Crippen molar-refractivity contribution in [2.75, 3.05) is 6.54 Å². The fraction of sp³-hybridized carbons (Fsp3) is 0.625. The van der Waals surface area contributed by atoms with E-state index in [4.69, 9.17) is 0 Å². The van der Waals surface area contributed by atoms with Gasteiger partial charge in [-0.1, -0.05) is 49.7 Å². The van der Waals surface area contributed by atoms with Crippen LogP contribution in [0, 0.1) is 12.3 Å². The van der Waals surface area contributed by atoms with E-state index in [9.17, 15) is 0 Å². The minimum absolute atomic E-state index is 0.396. The Labute approximate surface area is 120 Å². The van der Waals surface area contributed by atoms with Gasteiger partial charge in [0.05, 0.1) is 0 Å². The lowest BCUT2D eigenvalue weighted by molar-refractivity contribution is 0.333. The summed E-state index contributed by atoms with van der Waals surface area (Å²) in [5.74, 6) is 0. The average molecular weight is 312 g/mol. The molecule has 1 unspecified atom stereocenters. The molecular formula is C16H26BrN. The van der Waals surface area contributed by atoms with Gasteiger partial charge in [0.15, 0.2) is 0 Å². The first-order chi connectivity index (χ1) is 8.33. The molecule has 0 amide bonds. The normalized spacial score (nSPS) is 13.7. The first kappa shape index (κ1) is 15.7. The van der Waals surface area contributed by atoms with Crippen LogP contribution in [0.25, 0.3) is 0 Å². The van der Waals surface area contributed by atoms with Gasteiger partial charge in [-0.2, -0.15) is 0 Å². The number of halogens is 1. The number of hydrogen-bond donors (Lipinski definition) is 1. The SMILES string of the molecule is CCNC(CCC(C)(C)C)c1cc(Br)ccc1C. The minimum Gasteiger partial charge on any atom is -0.310 e. The predicted molar refractivity (Wildman–Crippen MR) is 84.0 cm³/mol.